The van der Waals surface area contributed by atoms with Crippen LogP contribution in [-0.2, 0) is 14.2 Å². The summed E-state index contributed by atoms with van der Waals surface area (Å²) in [4.78, 5) is 26.0. The van der Waals surface area contributed by atoms with E-state index in [9.17, 15) is 0 Å². The molecule has 2 N–H and O–H groups in total. The Labute approximate surface area is 200 Å². The Morgan fingerprint density at radius 2 is 1.29 bits per heavy atom. The summed E-state index contributed by atoms with van der Waals surface area (Å²) in [5, 5.41) is 6.89. The van der Waals surface area contributed by atoms with Crippen molar-refractivity contribution in [3.05, 3.63) is 6.20 Å². The van der Waals surface area contributed by atoms with E-state index in [1.807, 2.05) is 0 Å². The molecule has 0 atom stereocenters. The maximum Gasteiger partial charge on any atom is 0.229 e. The minimum Gasteiger partial charge on any atom is -0.379 e. The van der Waals surface area contributed by atoms with Crippen LogP contribution in [0, 0.1) is 0 Å². The van der Waals surface area contributed by atoms with E-state index in [4.69, 9.17) is 29.2 Å². The maximum atomic E-state index is 5.51. The SMILES string of the molecule is c1nc2c(NCCN3CCOCC3)nc(N3CCOCC3)nc2nc1NCCN1CCOCC1. The molecule has 0 amide bonds. The van der Waals surface area contributed by atoms with E-state index in [0.717, 1.165) is 104 Å². The highest BCUT2D eigenvalue weighted by Gasteiger charge is 2.19. The predicted octanol–water partition coefficient (Wildman–Crippen LogP) is -0.255. The molecule has 0 bridgehead atoms. The largest absolute Gasteiger partial charge is 0.379 e. The van der Waals surface area contributed by atoms with Crippen LogP contribution in [0.2, 0.25) is 0 Å². The Bertz CT molecular complexity index is 916. The second kappa shape index (κ2) is 11.8. The van der Waals surface area contributed by atoms with Gasteiger partial charge in [0.05, 0.1) is 45.8 Å². The first-order chi connectivity index (χ1) is 16.8. The number of hydrogen-bond donors (Lipinski definition) is 2. The summed E-state index contributed by atoms with van der Waals surface area (Å²) in [6, 6.07) is 0. The van der Waals surface area contributed by atoms with E-state index >= 15 is 0 Å². The van der Waals surface area contributed by atoms with Gasteiger partial charge in [-0.2, -0.15) is 9.97 Å². The number of hydrogen-bond acceptors (Lipinski definition) is 12. The van der Waals surface area contributed by atoms with Crippen LogP contribution >= 0.6 is 0 Å². The fourth-order valence-corrected chi connectivity index (χ4v) is 4.33. The average molecular weight is 474 g/mol. The molecular weight excluding hydrogens is 438 g/mol. The molecule has 2 aromatic rings. The molecule has 186 valence electrons. The molecule has 34 heavy (non-hydrogen) atoms. The van der Waals surface area contributed by atoms with Crippen molar-refractivity contribution < 1.29 is 14.2 Å². The van der Waals surface area contributed by atoms with Gasteiger partial charge in [0.2, 0.25) is 5.95 Å². The van der Waals surface area contributed by atoms with Gasteiger partial charge in [-0.15, -0.1) is 0 Å². The normalized spacial score (nSPS) is 20.5. The lowest BCUT2D eigenvalue weighted by molar-refractivity contribution is 0.0398. The third-order valence-electron chi connectivity index (χ3n) is 6.35. The molecular formula is C22H35N9O3. The molecule has 0 radical (unpaired) electrons. The van der Waals surface area contributed by atoms with E-state index in [1.54, 1.807) is 6.20 Å². The Kier molecular flexibility index (Phi) is 8.14. The molecule has 3 fully saturated rings. The van der Waals surface area contributed by atoms with Crippen molar-refractivity contribution in [1.29, 1.82) is 0 Å². The molecule has 0 aromatic carbocycles. The zero-order valence-electron chi connectivity index (χ0n) is 19.7. The number of aromatic nitrogens is 4. The monoisotopic (exact) mass is 473 g/mol. The zero-order chi connectivity index (χ0) is 23.0. The van der Waals surface area contributed by atoms with Gasteiger partial charge in [-0.05, 0) is 0 Å². The Balaban J connectivity index is 1.29. The molecule has 2 aromatic heterocycles. The van der Waals surface area contributed by atoms with Crippen molar-refractivity contribution >= 4 is 28.7 Å². The smallest absolute Gasteiger partial charge is 0.229 e. The predicted molar refractivity (Wildman–Crippen MR) is 130 cm³/mol. The first-order valence-electron chi connectivity index (χ1n) is 12.3. The third-order valence-corrected chi connectivity index (χ3v) is 6.35. The van der Waals surface area contributed by atoms with Crippen LogP contribution in [0.4, 0.5) is 17.6 Å². The number of fused-ring (bicyclic) bond motifs is 1. The van der Waals surface area contributed by atoms with E-state index in [1.165, 1.54) is 0 Å². The fourth-order valence-electron chi connectivity index (χ4n) is 4.33. The summed E-state index contributed by atoms with van der Waals surface area (Å²) in [6.07, 6.45) is 1.77. The summed E-state index contributed by atoms with van der Waals surface area (Å²) < 4.78 is 16.4. The minimum atomic E-state index is 0.599. The molecule has 5 heterocycles. The standard InChI is InChI=1S/C22H35N9O3/c1(3-29-5-11-32-12-6-29)23-18-17-25-19-20(24-2-4-30-7-13-33-14-8-30)27-22(28-21(19)26-18)31-9-15-34-16-10-31/h17H,1-16H2,(H2,23,24,26,27,28). The first-order valence-corrected chi connectivity index (χ1v) is 12.3. The highest BCUT2D eigenvalue weighted by molar-refractivity contribution is 5.84. The van der Waals surface area contributed by atoms with Gasteiger partial charge in [-0.25, -0.2) is 9.97 Å². The van der Waals surface area contributed by atoms with Crippen LogP contribution in [-0.4, -0.2) is 135 Å². The Morgan fingerprint density at radius 3 is 1.94 bits per heavy atom. The van der Waals surface area contributed by atoms with Crippen molar-refractivity contribution in [3.8, 4) is 0 Å². The van der Waals surface area contributed by atoms with Crippen LogP contribution < -0.4 is 15.5 Å². The van der Waals surface area contributed by atoms with Crippen LogP contribution in [0.5, 0.6) is 0 Å². The second-order valence-corrected chi connectivity index (χ2v) is 8.66. The molecule has 12 heteroatoms. The van der Waals surface area contributed by atoms with Gasteiger partial charge in [0, 0.05) is 65.4 Å². The van der Waals surface area contributed by atoms with E-state index in [2.05, 4.69) is 30.3 Å². The van der Waals surface area contributed by atoms with Crippen molar-refractivity contribution in [1.82, 2.24) is 29.7 Å². The summed E-state index contributed by atoms with van der Waals surface area (Å²) in [6.45, 7) is 13.4. The lowest BCUT2D eigenvalue weighted by Crippen LogP contribution is -2.39. The van der Waals surface area contributed by atoms with Crippen LogP contribution in [0.25, 0.3) is 11.2 Å². The minimum absolute atomic E-state index is 0.599. The molecule has 0 unspecified atom stereocenters. The summed E-state index contributed by atoms with van der Waals surface area (Å²) in [5.74, 6) is 2.13. The number of nitrogens with zero attached hydrogens (tertiary/aromatic N) is 7. The lowest BCUT2D eigenvalue weighted by atomic mass is 10.4. The summed E-state index contributed by atoms with van der Waals surface area (Å²) in [5.41, 5.74) is 1.29. The molecule has 3 saturated heterocycles. The summed E-state index contributed by atoms with van der Waals surface area (Å²) >= 11 is 0. The van der Waals surface area contributed by atoms with Gasteiger partial charge in [-0.1, -0.05) is 0 Å². The molecule has 3 aliphatic heterocycles. The van der Waals surface area contributed by atoms with Gasteiger partial charge in [-0.3, -0.25) is 9.80 Å². The number of anilines is 3. The first kappa shape index (κ1) is 23.4. The quantitative estimate of drug-likeness (QED) is 0.500. The molecule has 0 spiro atoms. The third kappa shape index (κ3) is 6.19. The van der Waals surface area contributed by atoms with E-state index in [-0.39, 0.29) is 0 Å². The number of ether oxygens (including phenoxy) is 3. The van der Waals surface area contributed by atoms with Gasteiger partial charge >= 0.3 is 0 Å². The van der Waals surface area contributed by atoms with E-state index < -0.39 is 0 Å². The Hall–Kier alpha value is -2.38. The van der Waals surface area contributed by atoms with Crippen LogP contribution in [0.15, 0.2) is 6.20 Å². The zero-order valence-corrected chi connectivity index (χ0v) is 19.7. The van der Waals surface area contributed by atoms with Gasteiger partial charge in [0.15, 0.2) is 17.0 Å². The lowest BCUT2D eigenvalue weighted by Gasteiger charge is -2.28. The molecule has 12 nitrogen and oxygen atoms in total. The second-order valence-electron chi connectivity index (χ2n) is 8.66. The van der Waals surface area contributed by atoms with Crippen molar-refractivity contribution in [3.63, 3.8) is 0 Å². The molecule has 0 aliphatic carbocycles. The number of nitrogens with one attached hydrogen (secondary N) is 2. The molecule has 0 saturated carbocycles. The van der Waals surface area contributed by atoms with Crippen molar-refractivity contribution in [2.75, 3.05) is 121 Å². The number of morpholine rings is 3. The van der Waals surface area contributed by atoms with Crippen molar-refractivity contribution in [2.45, 2.75) is 0 Å². The van der Waals surface area contributed by atoms with Crippen molar-refractivity contribution in [2.24, 2.45) is 0 Å². The topological polar surface area (TPSA) is 113 Å². The summed E-state index contributed by atoms with van der Waals surface area (Å²) in [7, 11) is 0. The highest BCUT2D eigenvalue weighted by atomic mass is 16.5. The van der Waals surface area contributed by atoms with Crippen LogP contribution in [0.3, 0.4) is 0 Å². The Morgan fingerprint density at radius 1 is 0.706 bits per heavy atom. The van der Waals surface area contributed by atoms with Gasteiger partial charge in [0.1, 0.15) is 5.82 Å². The van der Waals surface area contributed by atoms with Gasteiger partial charge in [0.25, 0.3) is 0 Å². The average Bonchev–Trinajstić information content (AvgIpc) is 2.90. The van der Waals surface area contributed by atoms with E-state index in [0.29, 0.717) is 30.3 Å². The van der Waals surface area contributed by atoms with Gasteiger partial charge < -0.3 is 29.7 Å². The van der Waals surface area contributed by atoms with Crippen LogP contribution in [0.1, 0.15) is 0 Å². The maximum absolute atomic E-state index is 5.51. The molecule has 3 aliphatic rings. The molecule has 5 rings (SSSR count). The fraction of sp³-hybridized carbons (Fsp3) is 0.727. The highest BCUT2D eigenvalue weighted by Crippen LogP contribution is 2.22. The number of rotatable bonds is 9.